The Hall–Kier alpha value is -4.06. The number of hydrogen-bond acceptors (Lipinski definition) is 6. The van der Waals surface area contributed by atoms with Gasteiger partial charge in [-0.05, 0) is 36.4 Å². The van der Waals surface area contributed by atoms with Crippen LogP contribution in [0.15, 0.2) is 88.8 Å². The van der Waals surface area contributed by atoms with Crippen LogP contribution in [0, 0.1) is 11.3 Å². The molecule has 0 aliphatic carbocycles. The molecule has 0 amide bonds. The molecule has 164 valence electrons. The van der Waals surface area contributed by atoms with Crippen LogP contribution in [0.4, 0.5) is 0 Å². The molecule has 4 rings (SSSR count). The van der Waals surface area contributed by atoms with E-state index in [1.807, 2.05) is 6.07 Å². The lowest BCUT2D eigenvalue weighted by atomic mass is 9.99. The fraction of sp³-hybridized carbons (Fsp3) is 0.0800. The number of nitrogens with two attached hydrogens (primary N) is 1. The molecule has 0 bridgehead atoms. The zero-order valence-electron chi connectivity index (χ0n) is 17.8. The molecule has 2 heterocycles. The Balaban J connectivity index is 2.11. The van der Waals surface area contributed by atoms with Gasteiger partial charge in [-0.3, -0.25) is 14.3 Å². The van der Waals surface area contributed by atoms with E-state index < -0.39 is 15.4 Å². The number of pyridine rings is 2. The van der Waals surface area contributed by atoms with Crippen molar-refractivity contribution in [3.8, 4) is 34.1 Å². The molecule has 0 aliphatic heterocycles. The summed E-state index contributed by atoms with van der Waals surface area (Å²) in [6.45, 7) is -0.0804. The van der Waals surface area contributed by atoms with Crippen molar-refractivity contribution < 1.29 is 8.42 Å². The van der Waals surface area contributed by atoms with Crippen LogP contribution in [0.5, 0.6) is 0 Å². The fourth-order valence-electron chi connectivity index (χ4n) is 3.78. The van der Waals surface area contributed by atoms with Gasteiger partial charge >= 0.3 is 0 Å². The summed E-state index contributed by atoms with van der Waals surface area (Å²) >= 11 is 0. The van der Waals surface area contributed by atoms with Gasteiger partial charge in [0.25, 0.3) is 5.56 Å². The Labute approximate surface area is 191 Å². The number of nitriles is 1. The molecule has 0 saturated heterocycles. The van der Waals surface area contributed by atoms with Gasteiger partial charge in [-0.2, -0.15) is 5.26 Å². The van der Waals surface area contributed by atoms with Crippen molar-refractivity contribution in [3.63, 3.8) is 0 Å². The van der Waals surface area contributed by atoms with Gasteiger partial charge in [0.1, 0.15) is 0 Å². The van der Waals surface area contributed by atoms with Gasteiger partial charge in [-0.25, -0.2) is 8.42 Å². The highest BCUT2D eigenvalue weighted by molar-refractivity contribution is 7.90. The summed E-state index contributed by atoms with van der Waals surface area (Å²) in [7, 11) is -3.57. The molecule has 0 radical (unpaired) electrons. The third kappa shape index (κ3) is 4.20. The Morgan fingerprint density at radius 2 is 1.79 bits per heavy atom. The Morgan fingerprint density at radius 3 is 2.45 bits per heavy atom. The average molecular weight is 457 g/mol. The largest absolute Gasteiger partial charge is 0.326 e. The molecule has 0 aliphatic rings. The molecule has 4 aromatic rings. The van der Waals surface area contributed by atoms with E-state index in [1.54, 1.807) is 67.0 Å². The Morgan fingerprint density at radius 1 is 1.03 bits per heavy atom. The number of nitrogens with zero attached hydrogens (tertiary/aromatic N) is 3. The van der Waals surface area contributed by atoms with E-state index in [4.69, 9.17) is 5.73 Å². The van der Waals surface area contributed by atoms with Crippen LogP contribution >= 0.6 is 0 Å². The van der Waals surface area contributed by atoms with Crippen molar-refractivity contribution in [2.24, 2.45) is 5.73 Å². The highest BCUT2D eigenvalue weighted by atomic mass is 32.2. The first-order chi connectivity index (χ1) is 15.8. The lowest BCUT2D eigenvalue weighted by Gasteiger charge is -2.17. The van der Waals surface area contributed by atoms with Crippen LogP contribution < -0.4 is 11.3 Å². The summed E-state index contributed by atoms with van der Waals surface area (Å²) in [6, 6.07) is 20.8. The Bertz CT molecular complexity index is 1550. The smallest absolute Gasteiger partial charge is 0.263 e. The summed E-state index contributed by atoms with van der Waals surface area (Å²) in [6.07, 6.45) is 4.36. The summed E-state index contributed by atoms with van der Waals surface area (Å²) in [5.74, 6) is 0. The number of benzene rings is 2. The number of rotatable bonds is 5. The molecule has 0 saturated carbocycles. The molecule has 8 heteroatoms. The molecule has 0 spiro atoms. The quantitative estimate of drug-likeness (QED) is 0.492. The molecule has 0 unspecified atom stereocenters. The van der Waals surface area contributed by atoms with Gasteiger partial charge in [0.15, 0.2) is 9.84 Å². The van der Waals surface area contributed by atoms with Crippen LogP contribution in [0.1, 0.15) is 11.1 Å². The second-order valence-electron chi connectivity index (χ2n) is 7.42. The van der Waals surface area contributed by atoms with Gasteiger partial charge in [-0.1, -0.05) is 30.3 Å². The summed E-state index contributed by atoms with van der Waals surface area (Å²) < 4.78 is 26.1. The van der Waals surface area contributed by atoms with Crippen molar-refractivity contribution >= 4 is 9.84 Å². The highest BCUT2D eigenvalue weighted by Crippen LogP contribution is 2.28. The number of sulfone groups is 1. The number of aromatic nitrogens is 2. The average Bonchev–Trinajstić information content (AvgIpc) is 2.83. The molecule has 33 heavy (non-hydrogen) atoms. The van der Waals surface area contributed by atoms with Crippen LogP contribution in [0.3, 0.4) is 0 Å². The normalized spacial score (nSPS) is 11.2. The minimum absolute atomic E-state index is 0.0663. The maximum atomic E-state index is 13.7. The van der Waals surface area contributed by atoms with Crippen LogP contribution in [0.2, 0.25) is 0 Å². The third-order valence-electron chi connectivity index (χ3n) is 5.29. The Kier molecular flexibility index (Phi) is 5.92. The van der Waals surface area contributed by atoms with E-state index in [1.165, 1.54) is 10.6 Å². The van der Waals surface area contributed by atoms with Crippen molar-refractivity contribution in [2.75, 3.05) is 6.26 Å². The van der Waals surface area contributed by atoms with Gasteiger partial charge in [0.05, 0.1) is 27.9 Å². The second kappa shape index (κ2) is 8.82. The molecular formula is C25H20N4O3S. The van der Waals surface area contributed by atoms with E-state index in [-0.39, 0.29) is 11.4 Å². The van der Waals surface area contributed by atoms with Gasteiger partial charge in [0, 0.05) is 47.4 Å². The van der Waals surface area contributed by atoms with Crippen LogP contribution in [-0.2, 0) is 16.4 Å². The van der Waals surface area contributed by atoms with Crippen LogP contribution in [0.25, 0.3) is 28.1 Å². The molecule has 2 aromatic carbocycles. The van der Waals surface area contributed by atoms with Crippen molar-refractivity contribution in [2.45, 2.75) is 11.4 Å². The lowest BCUT2D eigenvalue weighted by Crippen LogP contribution is -2.23. The molecule has 2 N–H and O–H groups in total. The zero-order valence-corrected chi connectivity index (χ0v) is 18.6. The third-order valence-corrected chi connectivity index (χ3v) is 6.47. The second-order valence-corrected chi connectivity index (χ2v) is 9.40. The first-order valence-corrected chi connectivity index (χ1v) is 11.9. The molecular weight excluding hydrogens is 436 g/mol. The predicted octanol–water partition coefficient (Wildman–Crippen LogP) is 3.30. The summed E-state index contributed by atoms with van der Waals surface area (Å²) in [5, 5.41) is 9.60. The van der Waals surface area contributed by atoms with Crippen molar-refractivity contribution in [1.82, 2.24) is 9.55 Å². The standard InChI is InChI=1S/C25H20N4O3S/c1-33(31,32)24-11-6-10-23(21(24)15-27)29-16-18(22-9-4-5-12-28-22)13-20(25(29)30)19-8-3-2-7-17(19)14-26/h2-13,16H,15,27H2,1H3. The topological polar surface area (TPSA) is 119 Å². The van der Waals surface area contributed by atoms with E-state index in [2.05, 4.69) is 11.1 Å². The number of hydrogen-bond donors (Lipinski definition) is 1. The molecule has 2 aromatic heterocycles. The highest BCUT2D eigenvalue weighted by Gasteiger charge is 2.20. The van der Waals surface area contributed by atoms with E-state index >= 15 is 0 Å². The van der Waals surface area contributed by atoms with Crippen molar-refractivity contribution in [1.29, 1.82) is 5.26 Å². The predicted molar refractivity (Wildman–Crippen MR) is 126 cm³/mol. The fourth-order valence-corrected chi connectivity index (χ4v) is 4.74. The SMILES string of the molecule is CS(=O)(=O)c1cccc(-n2cc(-c3ccccn3)cc(-c3ccccc3C#N)c2=O)c1CN. The van der Waals surface area contributed by atoms with Crippen LogP contribution in [-0.4, -0.2) is 24.2 Å². The molecule has 0 fully saturated rings. The van der Waals surface area contributed by atoms with Gasteiger partial charge < -0.3 is 5.73 Å². The maximum absolute atomic E-state index is 13.7. The van der Waals surface area contributed by atoms with E-state index in [0.717, 1.165) is 6.26 Å². The van der Waals surface area contributed by atoms with E-state index in [9.17, 15) is 18.5 Å². The monoisotopic (exact) mass is 456 g/mol. The molecule has 0 atom stereocenters. The van der Waals surface area contributed by atoms with Gasteiger partial charge in [-0.15, -0.1) is 0 Å². The minimum atomic E-state index is -3.57. The van der Waals surface area contributed by atoms with Gasteiger partial charge in [0.2, 0.25) is 0 Å². The minimum Gasteiger partial charge on any atom is -0.326 e. The first kappa shape index (κ1) is 22.1. The summed E-state index contributed by atoms with van der Waals surface area (Å²) in [5.41, 5.74) is 8.61. The first-order valence-electron chi connectivity index (χ1n) is 10.0. The summed E-state index contributed by atoms with van der Waals surface area (Å²) in [4.78, 5) is 18.1. The van der Waals surface area contributed by atoms with Crippen molar-refractivity contribution in [3.05, 3.63) is 101 Å². The maximum Gasteiger partial charge on any atom is 0.263 e. The van der Waals surface area contributed by atoms with E-state index in [0.29, 0.717) is 39.2 Å². The molecule has 7 nitrogen and oxygen atoms in total. The lowest BCUT2D eigenvalue weighted by molar-refractivity contribution is 0.600. The zero-order chi connectivity index (χ0) is 23.6.